The first-order valence-electron chi connectivity index (χ1n) is 9.52. The number of hydrogen-bond acceptors (Lipinski definition) is 3. The number of carbonyl (C=O) groups excluding carboxylic acids is 2. The van der Waals surface area contributed by atoms with Gasteiger partial charge in [-0.05, 0) is 31.4 Å². The van der Waals surface area contributed by atoms with Crippen LogP contribution in [0.1, 0.15) is 43.0 Å². The number of nitrogens with zero attached hydrogens (tertiary/aromatic N) is 1. The zero-order valence-electron chi connectivity index (χ0n) is 15.0. The third-order valence-corrected chi connectivity index (χ3v) is 6.52. The van der Waals surface area contributed by atoms with Crippen LogP contribution in [0.4, 0.5) is 0 Å². The zero-order chi connectivity index (χ0) is 18.3. The Morgan fingerprint density at radius 3 is 2.96 bits per heavy atom. The van der Waals surface area contributed by atoms with Gasteiger partial charge in [-0.3, -0.25) is 9.59 Å². The molecule has 0 aliphatic carbocycles. The number of ether oxygens (including phenoxy) is 1. The Balaban J connectivity index is 1.47. The van der Waals surface area contributed by atoms with Gasteiger partial charge in [0.1, 0.15) is 0 Å². The highest BCUT2D eigenvalue weighted by molar-refractivity contribution is 6.33. The number of hydrogen-bond donors (Lipinski definition) is 1. The number of likely N-dealkylation sites (tertiary alicyclic amines) is 1. The van der Waals surface area contributed by atoms with Gasteiger partial charge < -0.3 is 15.0 Å². The summed E-state index contributed by atoms with van der Waals surface area (Å²) in [7, 11) is 0. The third kappa shape index (κ3) is 2.91. The Morgan fingerprint density at radius 1 is 1.38 bits per heavy atom. The average molecular weight is 377 g/mol. The molecule has 1 spiro atoms. The van der Waals surface area contributed by atoms with Crippen molar-refractivity contribution in [1.29, 1.82) is 0 Å². The summed E-state index contributed by atoms with van der Waals surface area (Å²) < 4.78 is 6.36. The highest BCUT2D eigenvalue weighted by Gasteiger charge is 2.63. The zero-order valence-corrected chi connectivity index (χ0v) is 15.8. The second kappa shape index (κ2) is 6.86. The van der Waals surface area contributed by atoms with Gasteiger partial charge >= 0.3 is 0 Å². The van der Waals surface area contributed by atoms with Crippen molar-refractivity contribution in [3.05, 3.63) is 34.9 Å². The van der Waals surface area contributed by atoms with Crippen molar-refractivity contribution in [3.63, 3.8) is 0 Å². The maximum atomic E-state index is 12.9. The minimum absolute atomic E-state index is 0.0276. The SMILES string of the molecule is CCCC(=O)NC[C@H]1[C@H]2CN(C(=O)c3ccccc3Cl)C[C@]23CC[C@H]1O3. The molecule has 26 heavy (non-hydrogen) atoms. The second-order valence-corrected chi connectivity index (χ2v) is 8.16. The first-order chi connectivity index (χ1) is 12.5. The Labute approximate surface area is 159 Å². The van der Waals surface area contributed by atoms with Crippen molar-refractivity contribution in [1.82, 2.24) is 10.2 Å². The van der Waals surface area contributed by atoms with Crippen molar-refractivity contribution in [3.8, 4) is 0 Å². The quantitative estimate of drug-likeness (QED) is 0.859. The topological polar surface area (TPSA) is 58.6 Å². The summed E-state index contributed by atoms with van der Waals surface area (Å²) >= 11 is 6.21. The number of rotatable bonds is 5. The molecule has 1 aromatic carbocycles. The fourth-order valence-electron chi connectivity index (χ4n) is 4.97. The number of halogens is 1. The van der Waals surface area contributed by atoms with Crippen molar-refractivity contribution in [2.45, 2.75) is 44.3 Å². The van der Waals surface area contributed by atoms with Gasteiger partial charge in [-0.15, -0.1) is 0 Å². The lowest BCUT2D eigenvalue weighted by molar-refractivity contribution is -0.121. The fourth-order valence-corrected chi connectivity index (χ4v) is 5.19. The van der Waals surface area contributed by atoms with Gasteiger partial charge in [-0.1, -0.05) is 30.7 Å². The minimum Gasteiger partial charge on any atom is -0.369 e. The molecule has 0 aromatic heterocycles. The van der Waals surface area contributed by atoms with Crippen molar-refractivity contribution in [2.24, 2.45) is 11.8 Å². The van der Waals surface area contributed by atoms with E-state index in [1.807, 2.05) is 24.0 Å². The molecule has 3 heterocycles. The highest BCUT2D eigenvalue weighted by atomic mass is 35.5. The van der Waals surface area contributed by atoms with E-state index in [0.717, 1.165) is 19.3 Å². The fraction of sp³-hybridized carbons (Fsp3) is 0.600. The van der Waals surface area contributed by atoms with E-state index in [1.165, 1.54) is 0 Å². The summed E-state index contributed by atoms with van der Waals surface area (Å²) in [6, 6.07) is 7.19. The highest BCUT2D eigenvalue weighted by Crippen LogP contribution is 2.54. The molecule has 1 N–H and O–H groups in total. The number of nitrogens with one attached hydrogen (secondary N) is 1. The summed E-state index contributed by atoms with van der Waals surface area (Å²) in [5.41, 5.74) is 0.315. The molecule has 4 rings (SSSR count). The predicted octanol–water partition coefficient (Wildman–Crippen LogP) is 2.88. The van der Waals surface area contributed by atoms with Crippen LogP contribution in [0.5, 0.6) is 0 Å². The molecule has 0 unspecified atom stereocenters. The van der Waals surface area contributed by atoms with Crippen molar-refractivity contribution in [2.75, 3.05) is 19.6 Å². The van der Waals surface area contributed by atoms with Gasteiger partial charge in [0.2, 0.25) is 5.91 Å². The lowest BCUT2D eigenvalue weighted by Crippen LogP contribution is -2.41. The van der Waals surface area contributed by atoms with Crippen molar-refractivity contribution >= 4 is 23.4 Å². The van der Waals surface area contributed by atoms with Gasteiger partial charge in [0.15, 0.2) is 0 Å². The molecular weight excluding hydrogens is 352 g/mol. The Bertz CT molecular complexity index is 725. The number of fused-ring (bicyclic) bond motifs is 1. The van der Waals surface area contributed by atoms with Crippen LogP contribution in [0.15, 0.2) is 24.3 Å². The maximum Gasteiger partial charge on any atom is 0.255 e. The summed E-state index contributed by atoms with van der Waals surface area (Å²) in [4.78, 5) is 26.7. The van der Waals surface area contributed by atoms with Crippen LogP contribution in [0.2, 0.25) is 5.02 Å². The average Bonchev–Trinajstić information content (AvgIpc) is 3.28. The van der Waals surface area contributed by atoms with Crippen LogP contribution >= 0.6 is 11.6 Å². The van der Waals surface area contributed by atoms with Crippen LogP contribution in [0.3, 0.4) is 0 Å². The molecule has 0 saturated carbocycles. The minimum atomic E-state index is -0.234. The molecule has 3 aliphatic rings. The van der Waals surface area contributed by atoms with E-state index in [1.54, 1.807) is 12.1 Å². The molecule has 4 atom stereocenters. The summed E-state index contributed by atoms with van der Waals surface area (Å²) in [6.45, 7) is 3.95. The van der Waals surface area contributed by atoms with Gasteiger partial charge in [0.05, 0.1) is 28.8 Å². The molecule has 0 radical (unpaired) electrons. The Hall–Kier alpha value is -1.59. The van der Waals surface area contributed by atoms with Crippen LogP contribution in [-0.4, -0.2) is 48.1 Å². The molecule has 1 aromatic rings. The van der Waals surface area contributed by atoms with E-state index in [9.17, 15) is 9.59 Å². The van der Waals surface area contributed by atoms with E-state index in [0.29, 0.717) is 36.6 Å². The van der Waals surface area contributed by atoms with Crippen LogP contribution < -0.4 is 5.32 Å². The van der Waals surface area contributed by atoms with Gasteiger partial charge in [-0.2, -0.15) is 0 Å². The predicted molar refractivity (Wildman–Crippen MR) is 99.1 cm³/mol. The number of amides is 2. The van der Waals surface area contributed by atoms with E-state index in [4.69, 9.17) is 16.3 Å². The Kier molecular flexibility index (Phi) is 4.70. The first kappa shape index (κ1) is 17.8. The van der Waals surface area contributed by atoms with Crippen LogP contribution in [0.25, 0.3) is 0 Å². The standard InChI is InChI=1S/C20H25ClN2O3/c1-2-5-18(24)22-10-14-15-11-23(12-20(15)9-8-17(14)26-20)19(25)13-6-3-4-7-16(13)21/h3-4,6-7,14-15,17H,2,5,8-12H2,1H3,(H,22,24)/t14-,15+,17+,20+/m0/s1. The van der Waals surface area contributed by atoms with Crippen LogP contribution in [-0.2, 0) is 9.53 Å². The molecule has 3 aliphatic heterocycles. The van der Waals surface area contributed by atoms with E-state index >= 15 is 0 Å². The summed E-state index contributed by atoms with van der Waals surface area (Å²) in [5.74, 6) is 0.648. The number of carbonyl (C=O) groups is 2. The molecule has 3 fully saturated rings. The number of benzene rings is 1. The third-order valence-electron chi connectivity index (χ3n) is 6.19. The van der Waals surface area contributed by atoms with Crippen LogP contribution in [0, 0.1) is 11.8 Å². The second-order valence-electron chi connectivity index (χ2n) is 7.75. The molecule has 3 saturated heterocycles. The largest absolute Gasteiger partial charge is 0.369 e. The van der Waals surface area contributed by atoms with E-state index < -0.39 is 0 Å². The monoisotopic (exact) mass is 376 g/mol. The molecular formula is C20H25ClN2O3. The van der Waals surface area contributed by atoms with E-state index in [-0.39, 0.29) is 35.4 Å². The molecule has 140 valence electrons. The first-order valence-corrected chi connectivity index (χ1v) is 9.90. The molecule has 2 bridgehead atoms. The maximum absolute atomic E-state index is 12.9. The Morgan fingerprint density at radius 2 is 2.19 bits per heavy atom. The summed E-state index contributed by atoms with van der Waals surface area (Å²) in [5, 5.41) is 3.55. The van der Waals surface area contributed by atoms with Gasteiger partial charge in [0, 0.05) is 31.3 Å². The molecule has 6 heteroatoms. The molecule has 5 nitrogen and oxygen atoms in total. The lowest BCUT2D eigenvalue weighted by Gasteiger charge is -2.29. The van der Waals surface area contributed by atoms with Gasteiger partial charge in [0.25, 0.3) is 5.91 Å². The van der Waals surface area contributed by atoms with E-state index in [2.05, 4.69) is 5.32 Å². The van der Waals surface area contributed by atoms with Crippen molar-refractivity contribution < 1.29 is 14.3 Å². The lowest BCUT2D eigenvalue weighted by atomic mass is 9.73. The molecule has 2 amide bonds. The smallest absolute Gasteiger partial charge is 0.255 e. The normalized spacial score (nSPS) is 31.9. The summed E-state index contributed by atoms with van der Waals surface area (Å²) in [6.07, 6.45) is 3.63. The van der Waals surface area contributed by atoms with Gasteiger partial charge in [-0.25, -0.2) is 0 Å².